The molecule has 0 aromatic carbocycles. The summed E-state index contributed by atoms with van der Waals surface area (Å²) in [6.45, 7) is 1.87. The molecule has 7 heteroatoms. The van der Waals surface area contributed by atoms with Gasteiger partial charge in [-0.2, -0.15) is 5.10 Å². The number of nitrogens with one attached hydrogen (secondary N) is 2. The van der Waals surface area contributed by atoms with Crippen molar-refractivity contribution in [2.24, 2.45) is 5.41 Å². The number of aromatic nitrogens is 3. The molecule has 0 unspecified atom stereocenters. The smallest absolute Gasteiger partial charge is 0.319 e. The first-order valence-corrected chi connectivity index (χ1v) is 7.88. The second-order valence-electron chi connectivity index (χ2n) is 6.20. The molecule has 0 saturated heterocycles. The maximum Gasteiger partial charge on any atom is 0.319 e. The summed E-state index contributed by atoms with van der Waals surface area (Å²) in [5.41, 5.74) is 0.586. The van der Waals surface area contributed by atoms with Gasteiger partial charge in [0.1, 0.15) is 5.41 Å². The molecule has 2 heterocycles. The van der Waals surface area contributed by atoms with Crippen molar-refractivity contribution in [3.8, 4) is 0 Å². The van der Waals surface area contributed by atoms with Gasteiger partial charge < -0.3 is 10.4 Å². The molecule has 7 nitrogen and oxygen atoms in total. The highest BCUT2D eigenvalue weighted by Crippen LogP contribution is 2.36. The molecule has 2 aromatic rings. The Bertz CT molecular complexity index is 745. The van der Waals surface area contributed by atoms with Gasteiger partial charge in [0.25, 0.3) is 0 Å². The van der Waals surface area contributed by atoms with Gasteiger partial charge in [-0.1, -0.05) is 25.7 Å². The van der Waals surface area contributed by atoms with Crippen LogP contribution in [0, 0.1) is 12.3 Å². The van der Waals surface area contributed by atoms with Crippen LogP contribution in [0.4, 0.5) is 5.69 Å². The van der Waals surface area contributed by atoms with E-state index in [1.54, 1.807) is 6.07 Å². The third kappa shape index (κ3) is 2.78. The van der Waals surface area contributed by atoms with Crippen LogP contribution in [0.25, 0.3) is 11.0 Å². The first kappa shape index (κ1) is 15.5. The van der Waals surface area contributed by atoms with Gasteiger partial charge in [-0.15, -0.1) is 0 Å². The number of rotatable bonds is 3. The molecule has 1 aliphatic carbocycles. The van der Waals surface area contributed by atoms with Crippen LogP contribution < -0.4 is 5.32 Å². The van der Waals surface area contributed by atoms with Gasteiger partial charge >= 0.3 is 5.97 Å². The van der Waals surface area contributed by atoms with Gasteiger partial charge in [0.2, 0.25) is 5.91 Å². The number of carboxylic acid groups (broad SMARTS) is 1. The zero-order valence-corrected chi connectivity index (χ0v) is 13.1. The van der Waals surface area contributed by atoms with Crippen LogP contribution in [0.3, 0.4) is 0 Å². The first-order chi connectivity index (χ1) is 11.0. The van der Waals surface area contributed by atoms with E-state index < -0.39 is 17.3 Å². The third-order valence-electron chi connectivity index (χ3n) is 4.66. The molecule has 122 valence electrons. The zero-order chi connectivity index (χ0) is 16.4. The van der Waals surface area contributed by atoms with E-state index in [9.17, 15) is 14.7 Å². The number of H-pyrrole nitrogens is 1. The van der Waals surface area contributed by atoms with Crippen molar-refractivity contribution < 1.29 is 14.7 Å². The van der Waals surface area contributed by atoms with Gasteiger partial charge in [0.05, 0.1) is 11.9 Å². The Kier molecular flexibility index (Phi) is 4.02. The number of aliphatic carboxylic acids is 1. The monoisotopic (exact) mass is 316 g/mol. The predicted molar refractivity (Wildman–Crippen MR) is 85.0 cm³/mol. The lowest BCUT2D eigenvalue weighted by Gasteiger charge is -2.26. The number of carbonyl (C=O) groups is 2. The number of fused-ring (bicyclic) bond motifs is 1. The lowest BCUT2D eigenvalue weighted by molar-refractivity contribution is -0.155. The average molecular weight is 316 g/mol. The van der Waals surface area contributed by atoms with Crippen molar-refractivity contribution in [1.82, 2.24) is 15.2 Å². The number of amides is 1. The SMILES string of the molecule is Cc1[nH]nc2ncc(NC(=O)C3(C(=O)O)CCCCCC3)cc12. The van der Waals surface area contributed by atoms with Crippen LogP contribution in [0.15, 0.2) is 12.3 Å². The van der Waals surface area contributed by atoms with Crippen LogP contribution >= 0.6 is 0 Å². The van der Waals surface area contributed by atoms with E-state index in [1.807, 2.05) is 6.92 Å². The van der Waals surface area contributed by atoms with Crippen LogP contribution in [0.1, 0.15) is 44.2 Å². The standard InChI is InChI=1S/C16H20N4O3/c1-10-12-8-11(9-17-13(12)20-19-10)18-14(21)16(15(22)23)6-4-2-3-5-7-16/h8-9H,2-7H2,1H3,(H,18,21)(H,22,23)(H,17,19,20). The van der Waals surface area contributed by atoms with Crippen molar-refractivity contribution >= 4 is 28.6 Å². The van der Waals surface area contributed by atoms with Gasteiger partial charge in [0.15, 0.2) is 5.65 Å². The molecule has 2 aromatic heterocycles. The maximum atomic E-state index is 12.7. The van der Waals surface area contributed by atoms with Crippen LogP contribution in [0.2, 0.25) is 0 Å². The number of hydrogen-bond donors (Lipinski definition) is 3. The first-order valence-electron chi connectivity index (χ1n) is 7.88. The second-order valence-corrected chi connectivity index (χ2v) is 6.20. The lowest BCUT2D eigenvalue weighted by Crippen LogP contribution is -2.42. The van der Waals surface area contributed by atoms with Crippen LogP contribution in [-0.2, 0) is 9.59 Å². The summed E-state index contributed by atoms with van der Waals surface area (Å²) >= 11 is 0. The minimum Gasteiger partial charge on any atom is -0.480 e. The number of hydrogen-bond acceptors (Lipinski definition) is 4. The maximum absolute atomic E-state index is 12.7. The number of carbonyl (C=O) groups excluding carboxylic acids is 1. The van der Waals surface area contributed by atoms with Gasteiger partial charge in [-0.25, -0.2) is 4.98 Å². The topological polar surface area (TPSA) is 108 Å². The molecule has 0 spiro atoms. The van der Waals surface area contributed by atoms with E-state index in [4.69, 9.17) is 0 Å². The van der Waals surface area contributed by atoms with Crippen molar-refractivity contribution in [3.05, 3.63) is 18.0 Å². The van der Waals surface area contributed by atoms with E-state index in [0.717, 1.165) is 36.8 Å². The van der Waals surface area contributed by atoms with E-state index in [1.165, 1.54) is 6.20 Å². The van der Waals surface area contributed by atoms with E-state index >= 15 is 0 Å². The number of aromatic amines is 1. The van der Waals surface area contributed by atoms with E-state index in [0.29, 0.717) is 24.2 Å². The molecular weight excluding hydrogens is 296 g/mol. The molecule has 3 rings (SSSR count). The van der Waals surface area contributed by atoms with Crippen LogP contribution in [0.5, 0.6) is 0 Å². The number of carboxylic acids is 1. The third-order valence-corrected chi connectivity index (χ3v) is 4.66. The lowest BCUT2D eigenvalue weighted by atomic mass is 9.79. The molecule has 0 bridgehead atoms. The summed E-state index contributed by atoms with van der Waals surface area (Å²) in [6, 6.07) is 1.77. The minimum atomic E-state index is -1.34. The Morgan fingerprint density at radius 2 is 1.96 bits per heavy atom. The molecular formula is C16H20N4O3. The molecule has 1 amide bonds. The Morgan fingerprint density at radius 1 is 1.26 bits per heavy atom. The number of aryl methyl sites for hydroxylation is 1. The molecule has 0 radical (unpaired) electrons. The molecule has 0 aliphatic heterocycles. The fourth-order valence-corrected chi connectivity index (χ4v) is 3.21. The van der Waals surface area contributed by atoms with Gasteiger partial charge in [-0.3, -0.25) is 14.7 Å². The highest BCUT2D eigenvalue weighted by Gasteiger charge is 2.45. The number of pyridine rings is 1. The summed E-state index contributed by atoms with van der Waals surface area (Å²) in [7, 11) is 0. The summed E-state index contributed by atoms with van der Waals surface area (Å²) in [4.78, 5) is 28.7. The number of nitrogens with zero attached hydrogens (tertiary/aromatic N) is 2. The van der Waals surface area contributed by atoms with Gasteiger partial charge in [0, 0.05) is 11.1 Å². The van der Waals surface area contributed by atoms with Crippen LogP contribution in [-0.4, -0.2) is 32.2 Å². The van der Waals surface area contributed by atoms with Crippen molar-refractivity contribution in [1.29, 1.82) is 0 Å². The number of anilines is 1. The fraction of sp³-hybridized carbons (Fsp3) is 0.500. The molecule has 3 N–H and O–H groups in total. The second kappa shape index (κ2) is 5.98. The largest absolute Gasteiger partial charge is 0.480 e. The molecule has 1 fully saturated rings. The van der Waals surface area contributed by atoms with E-state index in [2.05, 4.69) is 20.5 Å². The predicted octanol–water partition coefficient (Wildman–Crippen LogP) is 2.63. The van der Waals surface area contributed by atoms with Crippen molar-refractivity contribution in [2.75, 3.05) is 5.32 Å². The van der Waals surface area contributed by atoms with Gasteiger partial charge in [-0.05, 0) is 25.8 Å². The Balaban J connectivity index is 1.87. The molecule has 23 heavy (non-hydrogen) atoms. The minimum absolute atomic E-state index is 0.384. The molecule has 1 saturated carbocycles. The Morgan fingerprint density at radius 3 is 2.61 bits per heavy atom. The summed E-state index contributed by atoms with van der Waals surface area (Å²) in [5, 5.41) is 20.1. The fourth-order valence-electron chi connectivity index (χ4n) is 3.21. The summed E-state index contributed by atoms with van der Waals surface area (Å²) in [5.74, 6) is -1.49. The van der Waals surface area contributed by atoms with E-state index in [-0.39, 0.29) is 0 Å². The Hall–Kier alpha value is -2.44. The summed E-state index contributed by atoms with van der Waals surface area (Å²) < 4.78 is 0. The summed E-state index contributed by atoms with van der Waals surface area (Å²) in [6.07, 6.45) is 5.75. The Labute approximate surface area is 133 Å². The zero-order valence-electron chi connectivity index (χ0n) is 13.1. The normalized spacial score (nSPS) is 17.6. The van der Waals surface area contributed by atoms with Crippen molar-refractivity contribution in [3.63, 3.8) is 0 Å². The van der Waals surface area contributed by atoms with Crippen molar-refractivity contribution in [2.45, 2.75) is 45.4 Å². The molecule has 1 aliphatic rings. The highest BCUT2D eigenvalue weighted by molar-refractivity contribution is 6.08. The average Bonchev–Trinajstić information content (AvgIpc) is 2.76. The quantitative estimate of drug-likeness (QED) is 0.596. The molecule has 0 atom stereocenters. The highest BCUT2D eigenvalue weighted by atomic mass is 16.4.